The van der Waals surface area contributed by atoms with Crippen LogP contribution in [0.3, 0.4) is 0 Å². The highest BCUT2D eigenvalue weighted by Gasteiger charge is 2.10. The van der Waals surface area contributed by atoms with Gasteiger partial charge in [-0.3, -0.25) is 0 Å². The van der Waals surface area contributed by atoms with Gasteiger partial charge in [-0.25, -0.2) is 0 Å². The molecule has 0 N–H and O–H groups in total. The first-order valence-electron chi connectivity index (χ1n) is 11.4. The van der Waals surface area contributed by atoms with Crippen LogP contribution < -0.4 is 9.64 Å². The normalized spacial score (nSPS) is 9.44. The smallest absolute Gasteiger partial charge is 0.142 e. The van der Waals surface area contributed by atoms with Gasteiger partial charge in [-0.2, -0.15) is 0 Å². The van der Waals surface area contributed by atoms with Crippen molar-refractivity contribution in [2.45, 2.75) is 13.3 Å². The quantitative estimate of drug-likeness (QED) is 0.324. The summed E-state index contributed by atoms with van der Waals surface area (Å²) in [4.78, 5) is 2.15. The molecule has 0 fully saturated rings. The Morgan fingerprint density at radius 1 is 0.676 bits per heavy atom. The molecule has 0 saturated heterocycles. The average Bonchev–Trinajstić information content (AvgIpc) is 2.89. The third-order valence-electron chi connectivity index (χ3n) is 4.80. The highest BCUT2D eigenvalue weighted by Crippen LogP contribution is 2.27. The van der Waals surface area contributed by atoms with E-state index in [1.807, 2.05) is 85.8 Å². The summed E-state index contributed by atoms with van der Waals surface area (Å²) < 4.78 is 11.6. The highest BCUT2D eigenvalue weighted by atomic mass is 16.5. The molecule has 0 unspecified atom stereocenters. The number of rotatable bonds is 9. The maximum Gasteiger partial charge on any atom is 0.142 e. The molecule has 0 bridgehead atoms. The molecular weight excluding hydrogens is 418 g/mol. The van der Waals surface area contributed by atoms with E-state index in [0.29, 0.717) is 32.9 Å². The summed E-state index contributed by atoms with van der Waals surface area (Å²) in [6.07, 6.45) is 0.793. The Bertz CT molecular complexity index is 1130. The van der Waals surface area contributed by atoms with E-state index < -0.39 is 0 Å². The molecule has 3 aromatic carbocycles. The number of hydrogen-bond acceptors (Lipinski definition) is 3. The van der Waals surface area contributed by atoms with Crippen molar-refractivity contribution in [1.29, 1.82) is 0 Å². The Balaban J connectivity index is 1.70. The predicted molar refractivity (Wildman–Crippen MR) is 140 cm³/mol. The van der Waals surface area contributed by atoms with Gasteiger partial charge in [0.05, 0.1) is 32.0 Å². The van der Waals surface area contributed by atoms with Crippen molar-refractivity contribution in [3.8, 4) is 41.3 Å². The van der Waals surface area contributed by atoms with Crippen molar-refractivity contribution in [3.63, 3.8) is 0 Å². The van der Waals surface area contributed by atoms with Gasteiger partial charge in [0.2, 0.25) is 0 Å². The van der Waals surface area contributed by atoms with E-state index in [4.69, 9.17) is 9.47 Å². The minimum Gasteiger partial charge on any atom is -0.491 e. The molecule has 0 amide bonds. The van der Waals surface area contributed by atoms with Crippen LogP contribution >= 0.6 is 0 Å². The van der Waals surface area contributed by atoms with Gasteiger partial charge in [0, 0.05) is 17.5 Å². The maximum absolute atomic E-state index is 6.10. The summed E-state index contributed by atoms with van der Waals surface area (Å²) in [5, 5.41) is 0. The van der Waals surface area contributed by atoms with Gasteiger partial charge in [0.15, 0.2) is 0 Å². The van der Waals surface area contributed by atoms with Crippen LogP contribution in [0.5, 0.6) is 5.75 Å². The van der Waals surface area contributed by atoms with E-state index >= 15 is 0 Å². The zero-order valence-electron chi connectivity index (χ0n) is 19.6. The Labute approximate surface area is 203 Å². The molecule has 0 aliphatic heterocycles. The van der Waals surface area contributed by atoms with Crippen molar-refractivity contribution in [2.24, 2.45) is 0 Å². The summed E-state index contributed by atoms with van der Waals surface area (Å²) in [6, 6.07) is 28.0. The van der Waals surface area contributed by atoms with Crippen LogP contribution in [0.25, 0.3) is 0 Å². The summed E-state index contributed by atoms with van der Waals surface area (Å²) in [7, 11) is 0. The van der Waals surface area contributed by atoms with Crippen LogP contribution in [0.15, 0.2) is 84.9 Å². The lowest BCUT2D eigenvalue weighted by Gasteiger charge is -2.23. The first-order chi connectivity index (χ1) is 16.9. The number of para-hydroxylation sites is 2. The van der Waals surface area contributed by atoms with Gasteiger partial charge in [-0.05, 0) is 43.3 Å². The zero-order valence-corrected chi connectivity index (χ0v) is 19.6. The molecule has 0 aliphatic carbocycles. The molecule has 3 nitrogen and oxygen atoms in total. The molecule has 0 atom stereocenters. The van der Waals surface area contributed by atoms with Crippen LogP contribution in [-0.4, -0.2) is 32.9 Å². The second kappa shape index (κ2) is 14.9. The van der Waals surface area contributed by atoms with Crippen molar-refractivity contribution in [3.05, 3.63) is 96.1 Å². The van der Waals surface area contributed by atoms with Crippen molar-refractivity contribution >= 4 is 5.69 Å². The van der Waals surface area contributed by atoms with E-state index in [2.05, 4.69) is 46.5 Å². The van der Waals surface area contributed by atoms with Crippen LogP contribution in [-0.2, 0) is 4.74 Å². The topological polar surface area (TPSA) is 21.7 Å². The standard InChI is InChI=1S/C31H29NO2/c1-2-3-25-33-26-14-27-34-31-22-11-10-21-30(31)32(23-12-19-28-15-6-4-7-16-28)24-13-20-29-17-8-5-9-18-29/h4-11,15-18,21-22H,14,23-27H2,1H3. The number of benzene rings is 3. The molecule has 0 radical (unpaired) electrons. The van der Waals surface area contributed by atoms with Gasteiger partial charge in [0.25, 0.3) is 0 Å². The molecular formula is C31H29NO2. The van der Waals surface area contributed by atoms with Crippen molar-refractivity contribution in [1.82, 2.24) is 0 Å². The zero-order chi connectivity index (χ0) is 23.7. The lowest BCUT2D eigenvalue weighted by atomic mass is 10.2. The van der Waals surface area contributed by atoms with Crippen molar-refractivity contribution in [2.75, 3.05) is 37.8 Å². The van der Waals surface area contributed by atoms with Crippen LogP contribution in [0.1, 0.15) is 24.5 Å². The molecule has 0 spiro atoms. The average molecular weight is 448 g/mol. The Morgan fingerprint density at radius 3 is 1.88 bits per heavy atom. The lowest BCUT2D eigenvalue weighted by Crippen LogP contribution is -2.24. The van der Waals surface area contributed by atoms with Crippen molar-refractivity contribution < 1.29 is 9.47 Å². The van der Waals surface area contributed by atoms with Crippen LogP contribution in [0.2, 0.25) is 0 Å². The molecule has 170 valence electrons. The minimum atomic E-state index is 0.459. The Morgan fingerprint density at radius 2 is 1.26 bits per heavy atom. The maximum atomic E-state index is 6.10. The van der Waals surface area contributed by atoms with Crippen LogP contribution in [0, 0.1) is 35.5 Å². The monoisotopic (exact) mass is 447 g/mol. The van der Waals surface area contributed by atoms with Gasteiger partial charge in [0.1, 0.15) is 12.4 Å². The molecule has 3 heteroatoms. The second-order valence-electron chi connectivity index (χ2n) is 7.34. The predicted octanol–water partition coefficient (Wildman–Crippen LogP) is 5.41. The molecule has 0 heterocycles. The van der Waals surface area contributed by atoms with Gasteiger partial charge in [-0.1, -0.05) is 78.1 Å². The molecule has 0 aromatic heterocycles. The van der Waals surface area contributed by atoms with E-state index in [1.165, 1.54) is 0 Å². The third kappa shape index (κ3) is 8.80. The summed E-state index contributed by atoms with van der Waals surface area (Å²) in [6.45, 7) is 4.53. The number of nitrogens with zero attached hydrogens (tertiary/aromatic N) is 1. The van der Waals surface area contributed by atoms with Gasteiger partial charge >= 0.3 is 0 Å². The van der Waals surface area contributed by atoms with E-state index in [0.717, 1.165) is 29.0 Å². The summed E-state index contributed by atoms with van der Waals surface area (Å²) in [5.74, 6) is 19.6. The first-order valence-corrected chi connectivity index (χ1v) is 11.4. The molecule has 3 rings (SSSR count). The highest BCUT2D eigenvalue weighted by molar-refractivity contribution is 5.60. The van der Waals surface area contributed by atoms with E-state index in [9.17, 15) is 0 Å². The second-order valence-corrected chi connectivity index (χ2v) is 7.34. The Hall–Kier alpha value is -4.10. The molecule has 0 saturated carbocycles. The fourth-order valence-electron chi connectivity index (χ4n) is 3.12. The number of anilines is 1. The minimum absolute atomic E-state index is 0.459. The summed E-state index contributed by atoms with van der Waals surface area (Å²) >= 11 is 0. The number of hydrogen-bond donors (Lipinski definition) is 0. The van der Waals surface area contributed by atoms with Gasteiger partial charge in [-0.15, -0.1) is 5.92 Å². The molecule has 0 aliphatic rings. The largest absolute Gasteiger partial charge is 0.491 e. The number of ether oxygens (including phenoxy) is 2. The summed E-state index contributed by atoms with van der Waals surface area (Å²) in [5.41, 5.74) is 2.97. The lowest BCUT2D eigenvalue weighted by molar-refractivity contribution is 0.147. The molecule has 34 heavy (non-hydrogen) atoms. The Kier molecular flexibility index (Phi) is 10.7. The fourth-order valence-corrected chi connectivity index (χ4v) is 3.12. The van der Waals surface area contributed by atoms with E-state index in [-0.39, 0.29) is 0 Å². The van der Waals surface area contributed by atoms with E-state index in [1.54, 1.807) is 0 Å². The molecule has 3 aromatic rings. The fraction of sp³-hybridized carbons (Fsp3) is 0.226. The van der Waals surface area contributed by atoms with Crippen LogP contribution in [0.4, 0.5) is 5.69 Å². The SMILES string of the molecule is CC#CCOCCCOc1ccccc1N(CC#Cc1ccccc1)CC#Cc1ccccc1. The third-order valence-corrected chi connectivity index (χ3v) is 4.80. The van der Waals surface area contributed by atoms with Gasteiger partial charge < -0.3 is 14.4 Å². The first kappa shape index (κ1) is 24.5.